The van der Waals surface area contributed by atoms with Crippen molar-refractivity contribution in [2.75, 3.05) is 13.6 Å². The minimum absolute atomic E-state index is 0.339. The monoisotopic (exact) mass is 227 g/mol. The number of aliphatic carboxylic acids is 1. The molecule has 0 bridgehead atoms. The molecule has 0 amide bonds. The van der Waals surface area contributed by atoms with E-state index in [2.05, 4.69) is 0 Å². The fourth-order valence-electron chi connectivity index (χ4n) is 1.31. The number of nitrogens with zero attached hydrogens (tertiary/aromatic N) is 1. The van der Waals surface area contributed by atoms with E-state index in [4.69, 9.17) is 16.7 Å². The van der Waals surface area contributed by atoms with Crippen LogP contribution in [-0.4, -0.2) is 34.9 Å². The van der Waals surface area contributed by atoms with Crippen molar-refractivity contribution in [3.63, 3.8) is 0 Å². The molecule has 1 aromatic rings. The standard InChI is InChI=1S/C11H14ClNO2/c1-13(8-10(12)11(14)15)7-9-5-3-2-4-6-9/h2-6,10H,7-8H2,1H3,(H,14,15). The number of carboxylic acids is 1. The van der Waals surface area contributed by atoms with Crippen molar-refractivity contribution in [1.82, 2.24) is 4.90 Å². The zero-order valence-electron chi connectivity index (χ0n) is 8.56. The Kier molecular flexibility index (Phi) is 4.59. The number of hydrogen-bond donors (Lipinski definition) is 1. The Morgan fingerprint density at radius 2 is 2.07 bits per heavy atom. The Bertz CT molecular complexity index is 316. The zero-order chi connectivity index (χ0) is 11.3. The van der Waals surface area contributed by atoms with Gasteiger partial charge in [0.2, 0.25) is 0 Å². The largest absolute Gasteiger partial charge is 0.480 e. The lowest BCUT2D eigenvalue weighted by Crippen LogP contribution is -2.30. The highest BCUT2D eigenvalue weighted by molar-refractivity contribution is 6.29. The number of hydrogen-bond acceptors (Lipinski definition) is 2. The summed E-state index contributed by atoms with van der Waals surface area (Å²) in [6, 6.07) is 9.86. The molecule has 82 valence electrons. The van der Waals surface area contributed by atoms with Gasteiger partial charge < -0.3 is 10.0 Å². The molecule has 0 spiro atoms. The molecule has 0 aromatic heterocycles. The molecule has 0 radical (unpaired) electrons. The maximum Gasteiger partial charge on any atom is 0.322 e. The maximum atomic E-state index is 10.5. The Morgan fingerprint density at radius 1 is 1.47 bits per heavy atom. The van der Waals surface area contributed by atoms with Gasteiger partial charge in [-0.05, 0) is 12.6 Å². The molecule has 3 nitrogen and oxygen atoms in total. The molecule has 0 aliphatic rings. The molecule has 1 rings (SSSR count). The van der Waals surface area contributed by atoms with Crippen molar-refractivity contribution in [1.29, 1.82) is 0 Å². The van der Waals surface area contributed by atoms with Crippen molar-refractivity contribution in [2.24, 2.45) is 0 Å². The highest BCUT2D eigenvalue weighted by Gasteiger charge is 2.15. The van der Waals surface area contributed by atoms with Crippen molar-refractivity contribution < 1.29 is 9.90 Å². The topological polar surface area (TPSA) is 40.5 Å². The van der Waals surface area contributed by atoms with Gasteiger partial charge in [-0.2, -0.15) is 0 Å². The number of carboxylic acid groups (broad SMARTS) is 1. The molecular weight excluding hydrogens is 214 g/mol. The first-order valence-electron chi connectivity index (χ1n) is 4.69. The fourth-order valence-corrected chi connectivity index (χ4v) is 1.55. The molecule has 1 unspecified atom stereocenters. The van der Waals surface area contributed by atoms with Crippen LogP contribution in [0.25, 0.3) is 0 Å². The minimum atomic E-state index is -0.975. The summed E-state index contributed by atoms with van der Waals surface area (Å²) in [6.07, 6.45) is 0. The van der Waals surface area contributed by atoms with Crippen LogP contribution >= 0.6 is 11.6 Å². The van der Waals surface area contributed by atoms with Gasteiger partial charge in [0.15, 0.2) is 0 Å². The Balaban J connectivity index is 2.43. The van der Waals surface area contributed by atoms with Crippen molar-refractivity contribution in [2.45, 2.75) is 11.9 Å². The average molecular weight is 228 g/mol. The van der Waals surface area contributed by atoms with Gasteiger partial charge in [-0.15, -0.1) is 11.6 Å². The molecule has 4 heteroatoms. The first-order valence-corrected chi connectivity index (χ1v) is 5.12. The molecule has 0 heterocycles. The quantitative estimate of drug-likeness (QED) is 0.780. The summed E-state index contributed by atoms with van der Waals surface area (Å²) in [5.41, 5.74) is 1.15. The van der Waals surface area contributed by atoms with E-state index in [0.29, 0.717) is 13.1 Å². The first-order chi connectivity index (χ1) is 7.09. The van der Waals surface area contributed by atoms with Gasteiger partial charge in [0.25, 0.3) is 0 Å². The van der Waals surface area contributed by atoms with Gasteiger partial charge in [-0.1, -0.05) is 30.3 Å². The zero-order valence-corrected chi connectivity index (χ0v) is 9.31. The summed E-state index contributed by atoms with van der Waals surface area (Å²) < 4.78 is 0. The number of rotatable bonds is 5. The van der Waals surface area contributed by atoms with E-state index < -0.39 is 11.3 Å². The Hall–Kier alpha value is -1.06. The number of alkyl halides is 1. The summed E-state index contributed by atoms with van der Waals surface area (Å²) in [4.78, 5) is 12.4. The van der Waals surface area contributed by atoms with Crippen LogP contribution in [0.4, 0.5) is 0 Å². The average Bonchev–Trinajstić information content (AvgIpc) is 2.18. The van der Waals surface area contributed by atoms with E-state index in [1.54, 1.807) is 0 Å². The van der Waals surface area contributed by atoms with Gasteiger partial charge in [0.1, 0.15) is 5.38 Å². The van der Waals surface area contributed by atoms with Crippen molar-refractivity contribution in [3.05, 3.63) is 35.9 Å². The number of benzene rings is 1. The lowest BCUT2D eigenvalue weighted by molar-refractivity contribution is -0.136. The summed E-state index contributed by atoms with van der Waals surface area (Å²) in [5, 5.41) is 7.79. The summed E-state index contributed by atoms with van der Waals surface area (Å²) in [6.45, 7) is 1.04. The molecule has 0 aliphatic carbocycles. The van der Waals surface area contributed by atoms with Gasteiger partial charge in [0.05, 0.1) is 0 Å². The highest BCUT2D eigenvalue weighted by Crippen LogP contribution is 2.05. The summed E-state index contributed by atoms with van der Waals surface area (Å²) >= 11 is 5.64. The molecule has 1 atom stereocenters. The molecule has 0 saturated heterocycles. The van der Waals surface area contributed by atoms with Gasteiger partial charge in [-0.25, -0.2) is 0 Å². The second-order valence-electron chi connectivity index (χ2n) is 3.49. The smallest absolute Gasteiger partial charge is 0.322 e. The molecule has 15 heavy (non-hydrogen) atoms. The predicted molar refractivity (Wildman–Crippen MR) is 60.1 cm³/mol. The second kappa shape index (κ2) is 5.73. The molecule has 0 fully saturated rings. The summed E-state index contributed by atoms with van der Waals surface area (Å²) in [7, 11) is 1.85. The van der Waals surface area contributed by atoms with Crippen molar-refractivity contribution >= 4 is 17.6 Å². The van der Waals surface area contributed by atoms with Gasteiger partial charge in [-0.3, -0.25) is 4.79 Å². The van der Waals surface area contributed by atoms with Crippen LogP contribution in [-0.2, 0) is 11.3 Å². The van der Waals surface area contributed by atoms with Crippen LogP contribution in [0, 0.1) is 0 Å². The lowest BCUT2D eigenvalue weighted by atomic mass is 10.2. The van der Waals surface area contributed by atoms with E-state index in [0.717, 1.165) is 5.56 Å². The van der Waals surface area contributed by atoms with E-state index in [-0.39, 0.29) is 0 Å². The van der Waals surface area contributed by atoms with E-state index >= 15 is 0 Å². The molecule has 0 aliphatic heterocycles. The van der Waals surface area contributed by atoms with E-state index in [9.17, 15) is 4.79 Å². The predicted octanol–water partition coefficient (Wildman–Crippen LogP) is 1.81. The summed E-state index contributed by atoms with van der Waals surface area (Å²) in [5.74, 6) is -0.975. The molecule has 0 saturated carbocycles. The third kappa shape index (κ3) is 4.32. The molecule has 1 N–H and O–H groups in total. The molecule has 1 aromatic carbocycles. The number of halogens is 1. The van der Waals surface area contributed by atoms with Crippen LogP contribution in [0.5, 0.6) is 0 Å². The normalized spacial score (nSPS) is 12.7. The van der Waals surface area contributed by atoms with Crippen LogP contribution in [0.15, 0.2) is 30.3 Å². The SMILES string of the molecule is CN(Cc1ccccc1)CC(Cl)C(=O)O. The minimum Gasteiger partial charge on any atom is -0.480 e. The second-order valence-corrected chi connectivity index (χ2v) is 4.01. The fraction of sp³-hybridized carbons (Fsp3) is 0.364. The first kappa shape index (κ1) is 12.0. The van der Waals surface area contributed by atoms with Crippen LogP contribution in [0.1, 0.15) is 5.56 Å². The van der Waals surface area contributed by atoms with Crippen LogP contribution < -0.4 is 0 Å². The van der Waals surface area contributed by atoms with Crippen LogP contribution in [0.3, 0.4) is 0 Å². The maximum absolute atomic E-state index is 10.5. The Labute approximate surface area is 94.3 Å². The number of carbonyl (C=O) groups is 1. The van der Waals surface area contributed by atoms with Crippen LogP contribution in [0.2, 0.25) is 0 Å². The van der Waals surface area contributed by atoms with Gasteiger partial charge >= 0.3 is 5.97 Å². The molecular formula is C11H14ClNO2. The van der Waals surface area contributed by atoms with Gasteiger partial charge in [0, 0.05) is 13.1 Å². The Morgan fingerprint density at radius 3 is 2.60 bits per heavy atom. The highest BCUT2D eigenvalue weighted by atomic mass is 35.5. The third-order valence-electron chi connectivity index (χ3n) is 2.04. The third-order valence-corrected chi connectivity index (χ3v) is 2.36. The van der Waals surface area contributed by atoms with E-state index in [1.807, 2.05) is 42.3 Å². The van der Waals surface area contributed by atoms with Crippen molar-refractivity contribution in [3.8, 4) is 0 Å². The lowest BCUT2D eigenvalue weighted by Gasteiger charge is -2.17. The van der Waals surface area contributed by atoms with E-state index in [1.165, 1.54) is 0 Å².